The lowest BCUT2D eigenvalue weighted by molar-refractivity contribution is 0.468. The number of hydrazone groups is 1. The molecule has 0 saturated heterocycles. The number of halogens is 2. The van der Waals surface area contributed by atoms with Crippen molar-refractivity contribution in [2.45, 2.75) is 25.7 Å². The van der Waals surface area contributed by atoms with Crippen molar-refractivity contribution < 1.29 is 5.11 Å². The smallest absolute Gasteiger partial charge is 0.203 e. The van der Waals surface area contributed by atoms with Gasteiger partial charge in [0, 0.05) is 4.88 Å². The molecule has 21 heavy (non-hydrogen) atoms. The molecule has 1 aliphatic carbocycles. The number of phenols is 1. The number of rotatable bonds is 3. The molecular weight excluding hydrogens is 418 g/mol. The van der Waals surface area contributed by atoms with Crippen LogP contribution in [-0.2, 0) is 12.8 Å². The minimum absolute atomic E-state index is 0.188. The summed E-state index contributed by atoms with van der Waals surface area (Å²) in [5, 5.41) is 14.7. The van der Waals surface area contributed by atoms with E-state index in [0.717, 1.165) is 23.5 Å². The van der Waals surface area contributed by atoms with E-state index in [0.29, 0.717) is 8.95 Å². The summed E-state index contributed by atoms with van der Waals surface area (Å²) in [6, 6.07) is 3.61. The van der Waals surface area contributed by atoms with Crippen LogP contribution in [0.25, 0.3) is 0 Å². The highest BCUT2D eigenvalue weighted by Crippen LogP contribution is 2.33. The first-order valence-corrected chi connectivity index (χ1v) is 8.99. The topological polar surface area (TPSA) is 57.5 Å². The maximum Gasteiger partial charge on any atom is 0.203 e. The quantitative estimate of drug-likeness (QED) is 0.548. The summed E-state index contributed by atoms with van der Waals surface area (Å²) >= 11 is 8.28. The Morgan fingerprint density at radius 1 is 1.24 bits per heavy atom. The van der Waals surface area contributed by atoms with Crippen LogP contribution in [0.3, 0.4) is 0 Å². The van der Waals surface area contributed by atoms with Gasteiger partial charge in [-0.2, -0.15) is 5.10 Å². The molecule has 0 bridgehead atoms. The first-order valence-electron chi connectivity index (χ1n) is 6.59. The number of nitrogens with zero attached hydrogens (tertiary/aromatic N) is 2. The zero-order chi connectivity index (χ0) is 14.8. The van der Waals surface area contributed by atoms with Gasteiger partial charge in [0.2, 0.25) is 5.13 Å². The maximum atomic E-state index is 9.67. The van der Waals surface area contributed by atoms with Gasteiger partial charge in [-0.1, -0.05) is 0 Å². The van der Waals surface area contributed by atoms with Crippen LogP contribution in [-0.4, -0.2) is 16.3 Å². The molecule has 7 heteroatoms. The molecule has 0 unspecified atom stereocenters. The van der Waals surface area contributed by atoms with Crippen LogP contribution in [0, 0.1) is 0 Å². The number of aromatic nitrogens is 1. The van der Waals surface area contributed by atoms with Gasteiger partial charge >= 0.3 is 0 Å². The maximum absolute atomic E-state index is 9.67. The Morgan fingerprint density at radius 3 is 2.67 bits per heavy atom. The van der Waals surface area contributed by atoms with Gasteiger partial charge in [0.25, 0.3) is 0 Å². The predicted molar refractivity (Wildman–Crippen MR) is 93.5 cm³/mol. The third-order valence-electron chi connectivity index (χ3n) is 3.26. The molecule has 1 aliphatic rings. The number of thiazole rings is 1. The first kappa shape index (κ1) is 15.0. The molecule has 0 aliphatic heterocycles. The highest BCUT2D eigenvalue weighted by atomic mass is 79.9. The summed E-state index contributed by atoms with van der Waals surface area (Å²) in [5.74, 6) is 0.188. The van der Waals surface area contributed by atoms with E-state index in [4.69, 9.17) is 0 Å². The van der Waals surface area contributed by atoms with E-state index >= 15 is 0 Å². The van der Waals surface area contributed by atoms with Crippen molar-refractivity contribution in [1.29, 1.82) is 0 Å². The minimum atomic E-state index is 0.188. The molecule has 0 radical (unpaired) electrons. The molecule has 2 aromatic rings. The van der Waals surface area contributed by atoms with Crippen LogP contribution in [0.15, 0.2) is 26.2 Å². The number of aromatic hydroxyl groups is 1. The average Bonchev–Trinajstić information content (AvgIpc) is 2.87. The Morgan fingerprint density at radius 2 is 1.95 bits per heavy atom. The van der Waals surface area contributed by atoms with Crippen molar-refractivity contribution in [2.75, 3.05) is 5.43 Å². The van der Waals surface area contributed by atoms with Crippen molar-refractivity contribution in [3.63, 3.8) is 0 Å². The standard InChI is InChI=1S/C14H13Br2N3OS/c15-9-5-8(6-10(16)13(9)20)7-17-19-14-18-11-3-1-2-4-12(11)21-14/h5-7,20H,1-4H2,(H,18,19)/b17-7-. The normalized spacial score (nSPS) is 14.4. The Bertz CT molecular complexity index is 653. The molecule has 0 atom stereocenters. The summed E-state index contributed by atoms with van der Waals surface area (Å²) in [6.07, 6.45) is 6.41. The van der Waals surface area contributed by atoms with E-state index in [1.807, 2.05) is 0 Å². The van der Waals surface area contributed by atoms with Crippen molar-refractivity contribution in [3.05, 3.63) is 37.2 Å². The lowest BCUT2D eigenvalue weighted by Crippen LogP contribution is -1.99. The Hall–Kier alpha value is -0.920. The van der Waals surface area contributed by atoms with Gasteiger partial charge in [-0.25, -0.2) is 4.98 Å². The molecule has 2 N–H and O–H groups in total. The van der Waals surface area contributed by atoms with Crippen LogP contribution in [0.1, 0.15) is 29.0 Å². The lowest BCUT2D eigenvalue weighted by atomic mass is 10.0. The summed E-state index contributed by atoms with van der Waals surface area (Å²) in [7, 11) is 0. The first-order chi connectivity index (χ1) is 10.1. The third-order valence-corrected chi connectivity index (χ3v) is 5.53. The summed E-state index contributed by atoms with van der Waals surface area (Å²) < 4.78 is 1.26. The number of phenolic OH excluding ortho intramolecular Hbond substituents is 1. The Kier molecular flexibility index (Phi) is 4.61. The van der Waals surface area contributed by atoms with Crippen LogP contribution in [0.4, 0.5) is 5.13 Å². The molecule has 0 spiro atoms. The molecule has 0 amide bonds. The second-order valence-corrected chi connectivity index (χ2v) is 7.59. The number of anilines is 1. The molecule has 0 saturated carbocycles. The van der Waals surface area contributed by atoms with Crippen LogP contribution in [0.2, 0.25) is 0 Å². The van der Waals surface area contributed by atoms with Gasteiger partial charge in [-0.3, -0.25) is 5.43 Å². The van der Waals surface area contributed by atoms with Crippen LogP contribution < -0.4 is 5.43 Å². The molecule has 4 nitrogen and oxygen atoms in total. The minimum Gasteiger partial charge on any atom is -0.506 e. The summed E-state index contributed by atoms with van der Waals surface area (Å²) in [6.45, 7) is 0. The van der Waals surface area contributed by atoms with Crippen molar-refractivity contribution in [1.82, 2.24) is 4.98 Å². The number of fused-ring (bicyclic) bond motifs is 1. The molecule has 1 heterocycles. The second kappa shape index (κ2) is 6.46. The number of aryl methyl sites for hydroxylation is 2. The number of benzene rings is 1. The molecular formula is C14H13Br2N3OS. The number of hydrogen-bond donors (Lipinski definition) is 2. The van der Waals surface area contributed by atoms with Gasteiger partial charge in [0.05, 0.1) is 20.9 Å². The predicted octanol–water partition coefficient (Wildman–Crippen LogP) is 4.70. The van der Waals surface area contributed by atoms with E-state index < -0.39 is 0 Å². The van der Waals surface area contributed by atoms with Gasteiger partial charge in [-0.05, 0) is 75.2 Å². The van der Waals surface area contributed by atoms with E-state index in [1.165, 1.54) is 23.4 Å². The van der Waals surface area contributed by atoms with Crippen LogP contribution >= 0.6 is 43.2 Å². The third kappa shape index (κ3) is 3.46. The fourth-order valence-corrected chi connectivity index (χ4v) is 4.44. The van der Waals surface area contributed by atoms with Crippen molar-refractivity contribution in [3.8, 4) is 5.75 Å². The highest BCUT2D eigenvalue weighted by molar-refractivity contribution is 9.11. The average molecular weight is 431 g/mol. The van der Waals surface area contributed by atoms with E-state index in [-0.39, 0.29) is 5.75 Å². The lowest BCUT2D eigenvalue weighted by Gasteiger charge is -2.06. The number of nitrogens with one attached hydrogen (secondary N) is 1. The molecule has 1 aromatic carbocycles. The van der Waals surface area contributed by atoms with Crippen molar-refractivity contribution in [2.24, 2.45) is 5.10 Å². The molecule has 1 aromatic heterocycles. The molecule has 110 valence electrons. The van der Waals surface area contributed by atoms with Gasteiger partial charge in [0.15, 0.2) is 0 Å². The number of hydrogen-bond acceptors (Lipinski definition) is 5. The van der Waals surface area contributed by atoms with Crippen molar-refractivity contribution >= 4 is 54.5 Å². The zero-order valence-electron chi connectivity index (χ0n) is 11.1. The van der Waals surface area contributed by atoms with Gasteiger partial charge < -0.3 is 5.11 Å². The van der Waals surface area contributed by atoms with Gasteiger partial charge in [0.1, 0.15) is 5.75 Å². The van der Waals surface area contributed by atoms with E-state index in [9.17, 15) is 5.11 Å². The molecule has 3 rings (SSSR count). The zero-order valence-corrected chi connectivity index (χ0v) is 15.1. The van der Waals surface area contributed by atoms with Gasteiger partial charge in [-0.15, -0.1) is 11.3 Å². The van der Waals surface area contributed by atoms with Crippen LogP contribution in [0.5, 0.6) is 5.75 Å². The fraction of sp³-hybridized carbons (Fsp3) is 0.286. The van der Waals surface area contributed by atoms with E-state index in [1.54, 1.807) is 29.7 Å². The monoisotopic (exact) mass is 429 g/mol. The molecule has 0 fully saturated rings. The highest BCUT2D eigenvalue weighted by Gasteiger charge is 2.14. The Balaban J connectivity index is 1.71. The SMILES string of the molecule is Oc1c(Br)cc(/C=N\Nc2nc3c(s2)CCCC3)cc1Br. The largest absolute Gasteiger partial charge is 0.506 e. The van der Waals surface area contributed by atoms with E-state index in [2.05, 4.69) is 47.4 Å². The Labute approximate surface area is 143 Å². The fourth-order valence-electron chi connectivity index (χ4n) is 2.22. The summed E-state index contributed by atoms with van der Waals surface area (Å²) in [5.41, 5.74) is 5.08. The summed E-state index contributed by atoms with van der Waals surface area (Å²) in [4.78, 5) is 5.95. The second-order valence-electron chi connectivity index (χ2n) is 4.80.